The van der Waals surface area contributed by atoms with Gasteiger partial charge in [-0.3, -0.25) is 0 Å². The quantitative estimate of drug-likeness (QED) is 0.831. The van der Waals surface area contributed by atoms with Gasteiger partial charge in [-0.05, 0) is 19.1 Å². The highest BCUT2D eigenvalue weighted by Crippen LogP contribution is 2.14. The van der Waals surface area contributed by atoms with Crippen molar-refractivity contribution in [2.75, 3.05) is 11.9 Å². The summed E-state index contributed by atoms with van der Waals surface area (Å²) < 4.78 is 0. The second-order valence-electron chi connectivity index (χ2n) is 3.73. The van der Waals surface area contributed by atoms with Crippen molar-refractivity contribution in [3.63, 3.8) is 0 Å². The molecule has 17 heavy (non-hydrogen) atoms. The van der Waals surface area contributed by atoms with Crippen LogP contribution < -0.4 is 4.90 Å². The third kappa shape index (κ3) is 2.80. The zero-order valence-corrected chi connectivity index (χ0v) is 10.5. The molecule has 0 bridgehead atoms. The van der Waals surface area contributed by atoms with Crippen molar-refractivity contribution in [3.05, 3.63) is 40.0 Å². The number of pyridine rings is 1. The number of aryl methyl sites for hydroxylation is 1. The van der Waals surface area contributed by atoms with Crippen molar-refractivity contribution < 1.29 is 0 Å². The summed E-state index contributed by atoms with van der Waals surface area (Å²) >= 11 is 1.65. The molecule has 2 heterocycles. The summed E-state index contributed by atoms with van der Waals surface area (Å²) in [6, 6.07) is 5.67. The first-order valence-corrected chi connectivity index (χ1v) is 6.05. The second kappa shape index (κ2) is 4.93. The van der Waals surface area contributed by atoms with Crippen LogP contribution >= 0.6 is 11.3 Å². The summed E-state index contributed by atoms with van der Waals surface area (Å²) in [6.07, 6.45) is 1.58. The van der Waals surface area contributed by atoms with Gasteiger partial charge in [0.05, 0.1) is 22.8 Å². The van der Waals surface area contributed by atoms with Crippen molar-refractivity contribution in [3.8, 4) is 6.07 Å². The molecule has 0 aliphatic heterocycles. The van der Waals surface area contributed by atoms with Gasteiger partial charge in [0.2, 0.25) is 0 Å². The highest BCUT2D eigenvalue weighted by molar-refractivity contribution is 7.09. The van der Waals surface area contributed by atoms with Crippen LogP contribution in [0.1, 0.15) is 16.3 Å². The molecule has 0 saturated heterocycles. The van der Waals surface area contributed by atoms with Crippen LogP contribution in [-0.2, 0) is 6.54 Å². The SMILES string of the molecule is Cc1nc(CN(C)c2ccc(C#N)cn2)cs1. The molecule has 0 atom stereocenters. The zero-order chi connectivity index (χ0) is 12.3. The van der Waals surface area contributed by atoms with Crippen LogP contribution in [0.25, 0.3) is 0 Å². The van der Waals surface area contributed by atoms with Crippen molar-refractivity contribution >= 4 is 17.2 Å². The van der Waals surface area contributed by atoms with Gasteiger partial charge in [-0.25, -0.2) is 9.97 Å². The average Bonchev–Trinajstić information content (AvgIpc) is 2.75. The van der Waals surface area contributed by atoms with E-state index in [2.05, 4.69) is 21.4 Å². The Balaban J connectivity index is 2.09. The van der Waals surface area contributed by atoms with E-state index in [0.717, 1.165) is 23.1 Å². The molecule has 0 unspecified atom stereocenters. The van der Waals surface area contributed by atoms with Gasteiger partial charge in [-0.2, -0.15) is 5.26 Å². The fraction of sp³-hybridized carbons (Fsp3) is 0.250. The maximum atomic E-state index is 8.69. The Hall–Kier alpha value is -1.93. The highest BCUT2D eigenvalue weighted by atomic mass is 32.1. The molecule has 2 aromatic heterocycles. The third-order valence-electron chi connectivity index (χ3n) is 2.33. The molecule has 0 aliphatic carbocycles. The minimum atomic E-state index is 0.576. The lowest BCUT2D eigenvalue weighted by Crippen LogP contribution is -2.17. The van der Waals surface area contributed by atoms with E-state index in [9.17, 15) is 0 Å². The van der Waals surface area contributed by atoms with E-state index >= 15 is 0 Å². The number of hydrogen-bond donors (Lipinski definition) is 0. The van der Waals surface area contributed by atoms with Crippen molar-refractivity contribution in [2.45, 2.75) is 13.5 Å². The molecule has 0 saturated carbocycles. The van der Waals surface area contributed by atoms with Crippen LogP contribution in [0, 0.1) is 18.3 Å². The monoisotopic (exact) mass is 244 g/mol. The summed E-state index contributed by atoms with van der Waals surface area (Å²) in [5, 5.41) is 11.8. The van der Waals surface area contributed by atoms with Crippen LogP contribution in [0.2, 0.25) is 0 Å². The van der Waals surface area contributed by atoms with Crippen LogP contribution in [0.5, 0.6) is 0 Å². The lowest BCUT2D eigenvalue weighted by Gasteiger charge is -2.16. The summed E-state index contributed by atoms with van der Waals surface area (Å²) in [4.78, 5) is 10.6. The van der Waals surface area contributed by atoms with Crippen molar-refractivity contribution in [2.24, 2.45) is 0 Å². The molecular formula is C12H12N4S. The summed E-state index contributed by atoms with van der Waals surface area (Å²) in [6.45, 7) is 2.72. The molecule has 86 valence electrons. The maximum absolute atomic E-state index is 8.69. The smallest absolute Gasteiger partial charge is 0.128 e. The van der Waals surface area contributed by atoms with E-state index in [0.29, 0.717) is 5.56 Å². The van der Waals surface area contributed by atoms with E-state index in [1.54, 1.807) is 23.6 Å². The van der Waals surface area contributed by atoms with E-state index in [4.69, 9.17) is 5.26 Å². The largest absolute Gasteiger partial charge is 0.354 e. The predicted octanol–water partition coefficient (Wildman–Crippen LogP) is 2.35. The molecular weight excluding hydrogens is 232 g/mol. The fourth-order valence-electron chi connectivity index (χ4n) is 1.48. The van der Waals surface area contributed by atoms with Gasteiger partial charge in [0.25, 0.3) is 0 Å². The van der Waals surface area contributed by atoms with Crippen molar-refractivity contribution in [1.29, 1.82) is 5.26 Å². The Morgan fingerprint density at radius 1 is 1.47 bits per heavy atom. The average molecular weight is 244 g/mol. The zero-order valence-electron chi connectivity index (χ0n) is 9.71. The van der Waals surface area contributed by atoms with Crippen LogP contribution in [0.3, 0.4) is 0 Å². The van der Waals surface area contributed by atoms with E-state index < -0.39 is 0 Å². The number of hydrogen-bond acceptors (Lipinski definition) is 5. The van der Waals surface area contributed by atoms with Gasteiger partial charge < -0.3 is 4.90 Å². The first kappa shape index (κ1) is 11.6. The molecule has 5 heteroatoms. The van der Waals surface area contributed by atoms with Gasteiger partial charge in [0.15, 0.2) is 0 Å². The lowest BCUT2D eigenvalue weighted by molar-refractivity contribution is 0.870. The molecule has 4 nitrogen and oxygen atoms in total. The molecule has 0 aromatic carbocycles. The Labute approximate surface area is 104 Å². The molecule has 0 N–H and O–H groups in total. The minimum absolute atomic E-state index is 0.576. The molecule has 0 spiro atoms. The van der Waals surface area contributed by atoms with Gasteiger partial charge in [0.1, 0.15) is 11.9 Å². The van der Waals surface area contributed by atoms with Gasteiger partial charge in [0, 0.05) is 18.6 Å². The fourth-order valence-corrected chi connectivity index (χ4v) is 2.09. The molecule has 2 aromatic rings. The topological polar surface area (TPSA) is 52.8 Å². The van der Waals surface area contributed by atoms with E-state index in [1.807, 2.05) is 24.9 Å². The molecule has 0 radical (unpaired) electrons. The second-order valence-corrected chi connectivity index (χ2v) is 4.79. The Morgan fingerprint density at radius 2 is 2.29 bits per heavy atom. The Morgan fingerprint density at radius 3 is 2.82 bits per heavy atom. The van der Waals surface area contributed by atoms with E-state index in [1.165, 1.54) is 0 Å². The maximum Gasteiger partial charge on any atom is 0.128 e. The normalized spacial score (nSPS) is 9.94. The van der Waals surface area contributed by atoms with Crippen LogP contribution in [0.15, 0.2) is 23.7 Å². The number of thiazole rings is 1. The minimum Gasteiger partial charge on any atom is -0.354 e. The van der Waals surface area contributed by atoms with E-state index in [-0.39, 0.29) is 0 Å². The molecule has 0 fully saturated rings. The molecule has 0 aliphatic rings. The summed E-state index contributed by atoms with van der Waals surface area (Å²) in [7, 11) is 1.96. The standard InChI is InChI=1S/C12H12N4S/c1-9-15-11(8-17-9)7-16(2)12-4-3-10(5-13)6-14-12/h3-4,6,8H,7H2,1-2H3. The number of nitriles is 1. The lowest BCUT2D eigenvalue weighted by atomic mass is 10.3. The van der Waals surface area contributed by atoms with Gasteiger partial charge >= 0.3 is 0 Å². The highest BCUT2D eigenvalue weighted by Gasteiger charge is 2.05. The summed E-state index contributed by atoms with van der Waals surface area (Å²) in [5.74, 6) is 0.842. The number of aromatic nitrogens is 2. The third-order valence-corrected chi connectivity index (χ3v) is 3.16. The van der Waals surface area contributed by atoms with Gasteiger partial charge in [-0.1, -0.05) is 0 Å². The van der Waals surface area contributed by atoms with Crippen LogP contribution in [0.4, 0.5) is 5.82 Å². The van der Waals surface area contributed by atoms with Crippen molar-refractivity contribution in [1.82, 2.24) is 9.97 Å². The first-order valence-electron chi connectivity index (χ1n) is 5.17. The Bertz CT molecular complexity index is 538. The van der Waals surface area contributed by atoms with Crippen LogP contribution in [-0.4, -0.2) is 17.0 Å². The predicted molar refractivity (Wildman–Crippen MR) is 67.9 cm³/mol. The summed E-state index contributed by atoms with van der Waals surface area (Å²) in [5.41, 5.74) is 1.62. The molecule has 2 rings (SSSR count). The number of nitrogens with zero attached hydrogens (tertiary/aromatic N) is 4. The number of rotatable bonds is 3. The first-order chi connectivity index (χ1) is 8.19. The van der Waals surface area contributed by atoms with Gasteiger partial charge in [-0.15, -0.1) is 11.3 Å². The Kier molecular flexibility index (Phi) is 3.35. The number of anilines is 1. The molecule has 0 amide bonds.